The zero-order valence-electron chi connectivity index (χ0n) is 14.5. The molecule has 1 saturated heterocycles. The summed E-state index contributed by atoms with van der Waals surface area (Å²) in [6.07, 6.45) is 1.91. The van der Waals surface area contributed by atoms with Gasteiger partial charge in [-0.05, 0) is 12.5 Å². The third-order valence-corrected chi connectivity index (χ3v) is 4.73. The van der Waals surface area contributed by atoms with Gasteiger partial charge in [0.2, 0.25) is 5.91 Å². The van der Waals surface area contributed by atoms with Crippen LogP contribution >= 0.6 is 11.6 Å². The first-order chi connectivity index (χ1) is 12.1. The van der Waals surface area contributed by atoms with E-state index in [-0.39, 0.29) is 5.91 Å². The molecule has 0 bridgehead atoms. The van der Waals surface area contributed by atoms with Gasteiger partial charge in [-0.25, -0.2) is 9.97 Å². The maximum Gasteiger partial charge on any atom is 0.227 e. The Kier molecular flexibility index (Phi) is 5.38. The van der Waals surface area contributed by atoms with Gasteiger partial charge in [0, 0.05) is 33.2 Å². The number of anilines is 2. The van der Waals surface area contributed by atoms with Crippen molar-refractivity contribution in [1.82, 2.24) is 14.9 Å². The molecule has 0 spiro atoms. The number of aryl methyl sites for hydroxylation is 1. The highest BCUT2D eigenvalue weighted by Gasteiger charge is 2.24. The molecule has 1 N–H and O–H groups in total. The van der Waals surface area contributed by atoms with Gasteiger partial charge in [-0.15, -0.1) is 0 Å². The van der Waals surface area contributed by atoms with E-state index in [0.29, 0.717) is 24.7 Å². The Morgan fingerprint density at radius 2 is 1.84 bits per heavy atom. The number of nitrogens with one attached hydrogen (secondary N) is 1. The first-order valence-corrected chi connectivity index (χ1v) is 8.73. The van der Waals surface area contributed by atoms with Crippen molar-refractivity contribution >= 4 is 29.0 Å². The highest BCUT2D eigenvalue weighted by molar-refractivity contribution is 6.32. The summed E-state index contributed by atoms with van der Waals surface area (Å²) >= 11 is 6.12. The van der Waals surface area contributed by atoms with Crippen LogP contribution in [-0.4, -0.2) is 54.0 Å². The number of benzene rings is 1. The standard InChI is InChI=1S/C18H22ClN5O/c1-13-3-5-14(6-4-13)11-15(25)23-7-9-24(10-8-23)18-16(20-2)17(19)21-12-22-18/h3-6,12,20H,7-11H2,1-2H3. The lowest BCUT2D eigenvalue weighted by Crippen LogP contribution is -2.49. The Balaban J connectivity index is 1.61. The molecule has 2 aromatic rings. The smallest absolute Gasteiger partial charge is 0.227 e. The van der Waals surface area contributed by atoms with E-state index in [2.05, 4.69) is 20.2 Å². The Labute approximate surface area is 152 Å². The van der Waals surface area contributed by atoms with Crippen LogP contribution in [0.25, 0.3) is 0 Å². The number of hydrogen-bond donors (Lipinski definition) is 1. The summed E-state index contributed by atoms with van der Waals surface area (Å²) in [6.45, 7) is 4.85. The zero-order valence-corrected chi connectivity index (χ0v) is 15.3. The highest BCUT2D eigenvalue weighted by Crippen LogP contribution is 2.29. The number of aromatic nitrogens is 2. The van der Waals surface area contributed by atoms with E-state index in [1.54, 1.807) is 7.05 Å². The summed E-state index contributed by atoms with van der Waals surface area (Å²) in [6, 6.07) is 8.12. The molecule has 0 unspecified atom stereocenters. The van der Waals surface area contributed by atoms with E-state index in [0.717, 1.165) is 30.2 Å². The molecule has 3 rings (SSSR count). The van der Waals surface area contributed by atoms with Crippen molar-refractivity contribution in [2.75, 3.05) is 43.4 Å². The fraction of sp³-hybridized carbons (Fsp3) is 0.389. The molecular formula is C18H22ClN5O. The maximum atomic E-state index is 12.5. The number of carbonyl (C=O) groups excluding carboxylic acids is 1. The molecule has 132 valence electrons. The summed E-state index contributed by atoms with van der Waals surface area (Å²) < 4.78 is 0. The van der Waals surface area contributed by atoms with Crippen LogP contribution in [0.1, 0.15) is 11.1 Å². The quantitative estimate of drug-likeness (QED) is 0.849. The van der Waals surface area contributed by atoms with E-state index in [1.807, 2.05) is 36.1 Å². The molecular weight excluding hydrogens is 338 g/mol. The molecule has 1 aromatic carbocycles. The van der Waals surface area contributed by atoms with Crippen LogP contribution in [0.2, 0.25) is 5.15 Å². The van der Waals surface area contributed by atoms with Crippen molar-refractivity contribution < 1.29 is 4.79 Å². The van der Waals surface area contributed by atoms with Gasteiger partial charge in [-0.2, -0.15) is 0 Å². The van der Waals surface area contributed by atoms with Crippen LogP contribution in [0.15, 0.2) is 30.6 Å². The van der Waals surface area contributed by atoms with Crippen molar-refractivity contribution in [3.63, 3.8) is 0 Å². The van der Waals surface area contributed by atoms with Crippen LogP contribution in [0.3, 0.4) is 0 Å². The van der Waals surface area contributed by atoms with Crippen molar-refractivity contribution in [2.45, 2.75) is 13.3 Å². The number of carbonyl (C=O) groups is 1. The molecule has 6 nitrogen and oxygen atoms in total. The van der Waals surface area contributed by atoms with Crippen LogP contribution < -0.4 is 10.2 Å². The number of amides is 1. The molecule has 7 heteroatoms. The lowest BCUT2D eigenvalue weighted by molar-refractivity contribution is -0.130. The fourth-order valence-electron chi connectivity index (χ4n) is 2.97. The Hall–Kier alpha value is -2.34. The van der Waals surface area contributed by atoms with Crippen molar-refractivity contribution in [3.8, 4) is 0 Å². The van der Waals surface area contributed by atoms with Gasteiger partial charge in [0.05, 0.1) is 6.42 Å². The number of nitrogens with zero attached hydrogens (tertiary/aromatic N) is 4. The van der Waals surface area contributed by atoms with E-state index >= 15 is 0 Å². The fourth-order valence-corrected chi connectivity index (χ4v) is 3.19. The minimum Gasteiger partial charge on any atom is -0.383 e. The summed E-state index contributed by atoms with van der Waals surface area (Å²) in [4.78, 5) is 24.9. The molecule has 1 fully saturated rings. The first kappa shape index (κ1) is 17.5. The van der Waals surface area contributed by atoms with Gasteiger partial charge in [-0.3, -0.25) is 4.79 Å². The van der Waals surface area contributed by atoms with Crippen molar-refractivity contribution in [2.24, 2.45) is 0 Å². The topological polar surface area (TPSA) is 61.4 Å². The zero-order chi connectivity index (χ0) is 17.8. The van der Waals surface area contributed by atoms with Gasteiger partial charge in [0.25, 0.3) is 0 Å². The SMILES string of the molecule is CNc1c(Cl)ncnc1N1CCN(C(=O)Cc2ccc(C)cc2)CC1. The van der Waals surface area contributed by atoms with E-state index in [1.165, 1.54) is 11.9 Å². The largest absolute Gasteiger partial charge is 0.383 e. The normalized spacial score (nSPS) is 14.5. The second-order valence-corrected chi connectivity index (χ2v) is 6.50. The first-order valence-electron chi connectivity index (χ1n) is 8.35. The average molecular weight is 360 g/mol. The van der Waals surface area contributed by atoms with E-state index < -0.39 is 0 Å². The second kappa shape index (κ2) is 7.70. The Morgan fingerprint density at radius 1 is 1.16 bits per heavy atom. The van der Waals surface area contributed by atoms with Crippen molar-refractivity contribution in [1.29, 1.82) is 0 Å². The third-order valence-electron chi connectivity index (χ3n) is 4.44. The monoisotopic (exact) mass is 359 g/mol. The molecule has 0 radical (unpaired) electrons. The van der Waals surface area contributed by atoms with Crippen LogP contribution in [0.4, 0.5) is 11.5 Å². The molecule has 1 aromatic heterocycles. The summed E-state index contributed by atoms with van der Waals surface area (Å²) in [5, 5.41) is 3.46. The number of rotatable bonds is 4. The highest BCUT2D eigenvalue weighted by atomic mass is 35.5. The molecule has 0 aliphatic carbocycles. The van der Waals surface area contributed by atoms with Gasteiger partial charge in [0.1, 0.15) is 12.0 Å². The predicted octanol–water partition coefficient (Wildman–Crippen LogP) is 2.37. The van der Waals surface area contributed by atoms with Crippen LogP contribution in [-0.2, 0) is 11.2 Å². The van der Waals surface area contributed by atoms with Crippen LogP contribution in [0.5, 0.6) is 0 Å². The summed E-state index contributed by atoms with van der Waals surface area (Å²) in [7, 11) is 1.80. The summed E-state index contributed by atoms with van der Waals surface area (Å²) in [5.74, 6) is 0.950. The third kappa shape index (κ3) is 4.02. The second-order valence-electron chi connectivity index (χ2n) is 6.14. The molecule has 25 heavy (non-hydrogen) atoms. The molecule has 1 aliphatic rings. The number of piperazine rings is 1. The minimum atomic E-state index is 0.165. The molecule has 0 atom stereocenters. The van der Waals surface area contributed by atoms with E-state index in [4.69, 9.17) is 11.6 Å². The predicted molar refractivity (Wildman–Crippen MR) is 100 cm³/mol. The average Bonchev–Trinajstić information content (AvgIpc) is 2.63. The number of hydrogen-bond acceptors (Lipinski definition) is 5. The van der Waals surface area contributed by atoms with Gasteiger partial charge in [0.15, 0.2) is 11.0 Å². The summed E-state index contributed by atoms with van der Waals surface area (Å²) in [5.41, 5.74) is 2.98. The Bertz CT molecular complexity index is 742. The molecule has 2 heterocycles. The maximum absolute atomic E-state index is 12.5. The molecule has 0 saturated carbocycles. The molecule has 1 aliphatic heterocycles. The van der Waals surface area contributed by atoms with Gasteiger partial charge < -0.3 is 15.1 Å². The minimum absolute atomic E-state index is 0.165. The Morgan fingerprint density at radius 3 is 2.48 bits per heavy atom. The van der Waals surface area contributed by atoms with Crippen molar-refractivity contribution in [3.05, 3.63) is 46.9 Å². The lowest BCUT2D eigenvalue weighted by Gasteiger charge is -2.36. The van der Waals surface area contributed by atoms with Gasteiger partial charge in [-0.1, -0.05) is 41.4 Å². The van der Waals surface area contributed by atoms with Gasteiger partial charge >= 0.3 is 0 Å². The van der Waals surface area contributed by atoms with E-state index in [9.17, 15) is 4.79 Å². The lowest BCUT2D eigenvalue weighted by atomic mass is 10.1. The van der Waals surface area contributed by atoms with Crippen LogP contribution in [0, 0.1) is 6.92 Å². The number of halogens is 1. The molecule has 1 amide bonds.